The standard InChI is InChI=1S/4C9H10S.C6H4.2Sb/c4*1-7(2)8-3-5-9(10)6-4-8;1-2-4-6-5-3-1;;/h4*3-6,10H,1H2,2H3;1-2,5-6H;;/q;;;;;2*+2/p-4. The first-order valence-corrected chi connectivity index (χ1v) is 33.7. The van der Waals surface area contributed by atoms with Crippen molar-refractivity contribution < 1.29 is 0 Å². The van der Waals surface area contributed by atoms with Crippen molar-refractivity contribution in [1.82, 2.24) is 0 Å². The molecule has 0 N–H and O–H groups in total. The van der Waals surface area contributed by atoms with Crippen LogP contribution in [0.5, 0.6) is 0 Å². The van der Waals surface area contributed by atoms with Crippen molar-refractivity contribution in [3.63, 3.8) is 0 Å². The van der Waals surface area contributed by atoms with Gasteiger partial charge in [-0.1, -0.05) is 0 Å². The molecular weight excluding hydrogens is 876 g/mol. The monoisotopic (exact) mass is 914 g/mol. The van der Waals surface area contributed by atoms with Gasteiger partial charge in [0.2, 0.25) is 0 Å². The molecule has 0 saturated heterocycles. The first kappa shape index (κ1) is 37.4. The van der Waals surface area contributed by atoms with Crippen LogP contribution in [0.1, 0.15) is 49.9 Å². The van der Waals surface area contributed by atoms with E-state index in [4.69, 9.17) is 0 Å². The van der Waals surface area contributed by atoms with E-state index < -0.39 is 34.8 Å². The molecule has 0 aliphatic heterocycles. The van der Waals surface area contributed by atoms with Gasteiger partial charge in [-0.25, -0.2) is 0 Å². The van der Waals surface area contributed by atoms with Crippen molar-refractivity contribution in [3.05, 3.63) is 170 Å². The number of benzene rings is 5. The minimum atomic E-state index is -2.13. The zero-order valence-corrected chi connectivity index (χ0v) is 36.3. The second-order valence-corrected chi connectivity index (χ2v) is 39.3. The number of hydrogen-bond donors (Lipinski definition) is 0. The molecule has 0 bridgehead atoms. The van der Waals surface area contributed by atoms with E-state index in [0.29, 0.717) is 0 Å². The molecule has 242 valence electrons. The van der Waals surface area contributed by atoms with Crippen LogP contribution >= 0.6 is 35.4 Å². The maximum absolute atomic E-state index is 4.12. The van der Waals surface area contributed by atoms with Crippen LogP contribution in [0.4, 0.5) is 0 Å². The van der Waals surface area contributed by atoms with Gasteiger partial charge < -0.3 is 0 Å². The number of allylic oxidation sites excluding steroid dienone is 4. The van der Waals surface area contributed by atoms with Crippen LogP contribution in [-0.2, 0) is 0 Å². The second-order valence-electron chi connectivity index (χ2n) is 11.6. The van der Waals surface area contributed by atoms with E-state index >= 15 is 0 Å². The summed E-state index contributed by atoms with van der Waals surface area (Å²) in [5, 5.41) is 0. The first-order valence-electron chi connectivity index (χ1n) is 15.5. The fourth-order valence-corrected chi connectivity index (χ4v) is 35.7. The van der Waals surface area contributed by atoms with Gasteiger partial charge in [0.15, 0.2) is 0 Å². The summed E-state index contributed by atoms with van der Waals surface area (Å²) < 4.78 is 2.99. The Bertz CT molecular complexity index is 1630. The third-order valence-electron chi connectivity index (χ3n) is 7.41. The molecule has 0 heterocycles. The van der Waals surface area contributed by atoms with Gasteiger partial charge in [-0.05, 0) is 0 Å². The minimum absolute atomic E-state index is 1.10. The summed E-state index contributed by atoms with van der Waals surface area (Å²) in [5.41, 5.74) is 9.19. The molecule has 5 aromatic carbocycles. The van der Waals surface area contributed by atoms with E-state index in [9.17, 15) is 0 Å². The van der Waals surface area contributed by atoms with Gasteiger partial charge in [0.1, 0.15) is 0 Å². The molecule has 0 atom stereocenters. The summed E-state index contributed by atoms with van der Waals surface area (Å²) in [6, 6.07) is 45.5. The summed E-state index contributed by atoms with van der Waals surface area (Å²) in [6.07, 6.45) is 0. The van der Waals surface area contributed by atoms with Crippen LogP contribution in [0.3, 0.4) is 0 Å². The van der Waals surface area contributed by atoms with Crippen LogP contribution in [-0.4, -0.2) is 34.8 Å². The SMILES string of the molecule is C=C(C)c1ccc([S][Sb]([S]c2ccc(C(=C)C)cc2)[c]2cc[c]([Sb]([S]c3ccc(C(=C)C)cc3)[S]c3ccc(C(=C)C)cc3)cc2)cc1. The Kier molecular flexibility index (Phi) is 13.9. The Hall–Kier alpha value is -1.90. The molecule has 0 spiro atoms. The van der Waals surface area contributed by atoms with E-state index in [1.165, 1.54) is 48.9 Å². The zero-order chi connectivity index (χ0) is 34.2. The van der Waals surface area contributed by atoms with Gasteiger partial charge in [0.05, 0.1) is 0 Å². The predicted molar refractivity (Wildman–Crippen MR) is 225 cm³/mol. The molecule has 0 unspecified atom stereocenters. The molecule has 0 aliphatic carbocycles. The molecule has 0 amide bonds. The second kappa shape index (κ2) is 17.8. The molecule has 0 radical (unpaired) electrons. The summed E-state index contributed by atoms with van der Waals surface area (Å²) >= 11 is -4.26. The normalized spacial score (nSPS) is 11.1. The van der Waals surface area contributed by atoms with Gasteiger partial charge in [0.25, 0.3) is 0 Å². The number of rotatable bonds is 14. The van der Waals surface area contributed by atoms with Gasteiger partial charge in [-0.15, -0.1) is 0 Å². The van der Waals surface area contributed by atoms with Crippen LogP contribution < -0.4 is 7.02 Å². The zero-order valence-electron chi connectivity index (χ0n) is 27.9. The quantitative estimate of drug-likeness (QED) is 0.102. The van der Waals surface area contributed by atoms with Gasteiger partial charge in [-0.3, -0.25) is 0 Å². The van der Waals surface area contributed by atoms with Crippen molar-refractivity contribution in [2.75, 3.05) is 0 Å². The molecule has 6 heteroatoms. The fourth-order valence-electron chi connectivity index (χ4n) is 4.53. The molecule has 0 saturated carbocycles. The Morgan fingerprint density at radius 3 is 0.688 bits per heavy atom. The maximum atomic E-state index is 4.12. The van der Waals surface area contributed by atoms with Gasteiger partial charge >= 0.3 is 317 Å². The van der Waals surface area contributed by atoms with E-state index in [1.807, 2.05) is 0 Å². The summed E-state index contributed by atoms with van der Waals surface area (Å²) in [6.45, 7) is 24.8. The van der Waals surface area contributed by atoms with Crippen molar-refractivity contribution in [3.8, 4) is 0 Å². The molecule has 0 aliphatic rings. The topological polar surface area (TPSA) is 0 Å². The molecule has 0 nitrogen and oxygen atoms in total. The van der Waals surface area contributed by atoms with Crippen molar-refractivity contribution in [2.24, 2.45) is 0 Å². The first-order chi connectivity index (χ1) is 23.0. The van der Waals surface area contributed by atoms with Crippen LogP contribution in [0.2, 0.25) is 0 Å². The predicted octanol–water partition coefficient (Wildman–Crippen LogP) is 12.4. The van der Waals surface area contributed by atoms with E-state index in [0.717, 1.165) is 22.3 Å². The summed E-state index contributed by atoms with van der Waals surface area (Å²) in [7, 11) is 8.33. The van der Waals surface area contributed by atoms with Gasteiger partial charge in [0, 0.05) is 0 Å². The molecule has 0 fully saturated rings. The van der Waals surface area contributed by atoms with Crippen LogP contribution in [0.25, 0.3) is 22.3 Å². The summed E-state index contributed by atoms with van der Waals surface area (Å²) in [5.74, 6) is 0. The van der Waals surface area contributed by atoms with Crippen molar-refractivity contribution in [2.45, 2.75) is 47.3 Å². The van der Waals surface area contributed by atoms with E-state index in [-0.39, 0.29) is 0 Å². The molecule has 5 aromatic rings. The Labute approximate surface area is 313 Å². The fraction of sp³-hybridized carbons (Fsp3) is 0.0952. The van der Waals surface area contributed by atoms with E-state index in [2.05, 4.69) is 211 Å². The van der Waals surface area contributed by atoms with Crippen molar-refractivity contribution >= 4 is 99.5 Å². The molecule has 5 rings (SSSR count). The number of hydrogen-bond acceptors (Lipinski definition) is 4. The Morgan fingerprint density at radius 2 is 0.521 bits per heavy atom. The van der Waals surface area contributed by atoms with Gasteiger partial charge in [-0.2, -0.15) is 0 Å². The Balaban J connectivity index is 1.44. The van der Waals surface area contributed by atoms with E-state index in [1.54, 1.807) is 0 Å². The molecular formula is C42H40S4Sb2. The third kappa shape index (κ3) is 10.6. The molecule has 0 aromatic heterocycles. The van der Waals surface area contributed by atoms with Crippen LogP contribution in [0.15, 0.2) is 167 Å². The average Bonchev–Trinajstić information content (AvgIpc) is 3.08. The third-order valence-corrected chi connectivity index (χ3v) is 38.7. The summed E-state index contributed by atoms with van der Waals surface area (Å²) in [4.78, 5) is 5.32. The molecule has 48 heavy (non-hydrogen) atoms. The van der Waals surface area contributed by atoms with Crippen molar-refractivity contribution in [1.29, 1.82) is 0 Å². The Morgan fingerprint density at radius 1 is 0.333 bits per heavy atom. The average molecular weight is 917 g/mol. The van der Waals surface area contributed by atoms with Crippen LogP contribution in [0, 0.1) is 0 Å².